The number of aryl methyl sites for hydroxylation is 1. The molecule has 1 N–H and O–H groups in total. The van der Waals surface area contributed by atoms with Gasteiger partial charge in [-0.1, -0.05) is 19.1 Å². The van der Waals surface area contributed by atoms with E-state index in [0.29, 0.717) is 12.5 Å². The maximum atomic E-state index is 14.2. The van der Waals surface area contributed by atoms with Gasteiger partial charge in [-0.25, -0.2) is 14.4 Å². The molecular weight excluding hydrogens is 339 g/mol. The summed E-state index contributed by atoms with van der Waals surface area (Å²) in [6.07, 6.45) is 5.56. The van der Waals surface area contributed by atoms with Crippen LogP contribution in [0.15, 0.2) is 24.3 Å². The molecule has 1 aromatic carbocycles. The van der Waals surface area contributed by atoms with Crippen molar-refractivity contribution in [2.75, 3.05) is 18.0 Å². The number of anilines is 1. The predicted molar refractivity (Wildman–Crippen MR) is 106 cm³/mol. The largest absolute Gasteiger partial charge is 0.341 e. The average molecular weight is 369 g/mol. The van der Waals surface area contributed by atoms with E-state index in [2.05, 4.69) is 34.3 Å². The number of benzene rings is 1. The molecule has 2 aromatic rings. The third-order valence-corrected chi connectivity index (χ3v) is 5.95. The van der Waals surface area contributed by atoms with Crippen molar-refractivity contribution in [2.45, 2.75) is 58.5 Å². The Kier molecular flexibility index (Phi) is 5.39. The summed E-state index contributed by atoms with van der Waals surface area (Å²) in [5.41, 5.74) is 4.00. The van der Waals surface area contributed by atoms with E-state index in [-0.39, 0.29) is 11.9 Å². The van der Waals surface area contributed by atoms with Crippen molar-refractivity contribution in [3.8, 4) is 0 Å². The molecule has 0 spiro atoms. The SMILES string of the molecule is Cc1cc(CN[C@@H]2c3cccc(F)c3CC[C@H]2C)nc(N2CCCCC2)n1. The Morgan fingerprint density at radius 3 is 2.81 bits per heavy atom. The highest BCUT2D eigenvalue weighted by Crippen LogP contribution is 2.35. The van der Waals surface area contributed by atoms with E-state index < -0.39 is 0 Å². The molecule has 0 bridgehead atoms. The normalized spacial score (nSPS) is 22.6. The highest BCUT2D eigenvalue weighted by atomic mass is 19.1. The molecule has 0 radical (unpaired) electrons. The number of hydrogen-bond donors (Lipinski definition) is 1. The summed E-state index contributed by atoms with van der Waals surface area (Å²) >= 11 is 0. The molecule has 2 heterocycles. The first-order valence-electron chi connectivity index (χ1n) is 10.2. The summed E-state index contributed by atoms with van der Waals surface area (Å²) in [6.45, 7) is 7.04. The summed E-state index contributed by atoms with van der Waals surface area (Å²) in [6, 6.07) is 7.68. The van der Waals surface area contributed by atoms with Crippen molar-refractivity contribution in [3.63, 3.8) is 0 Å². The number of nitrogens with one attached hydrogen (secondary N) is 1. The van der Waals surface area contributed by atoms with Crippen LogP contribution in [0.2, 0.25) is 0 Å². The van der Waals surface area contributed by atoms with E-state index in [0.717, 1.165) is 54.4 Å². The molecule has 1 aliphatic carbocycles. The van der Waals surface area contributed by atoms with E-state index in [4.69, 9.17) is 4.98 Å². The van der Waals surface area contributed by atoms with Crippen LogP contribution in [0.1, 0.15) is 61.2 Å². The number of nitrogens with zero attached hydrogens (tertiary/aromatic N) is 3. The molecule has 27 heavy (non-hydrogen) atoms. The topological polar surface area (TPSA) is 41.1 Å². The Morgan fingerprint density at radius 2 is 2.00 bits per heavy atom. The van der Waals surface area contributed by atoms with Gasteiger partial charge in [0, 0.05) is 31.4 Å². The summed E-state index contributed by atoms with van der Waals surface area (Å²) in [7, 11) is 0. The Bertz CT molecular complexity index is 801. The van der Waals surface area contributed by atoms with E-state index in [1.54, 1.807) is 6.07 Å². The maximum Gasteiger partial charge on any atom is 0.225 e. The second-order valence-electron chi connectivity index (χ2n) is 8.03. The lowest BCUT2D eigenvalue weighted by atomic mass is 9.80. The van der Waals surface area contributed by atoms with Gasteiger partial charge in [0.15, 0.2) is 0 Å². The van der Waals surface area contributed by atoms with Crippen molar-refractivity contribution in [3.05, 3.63) is 52.6 Å². The molecule has 1 aromatic heterocycles. The van der Waals surface area contributed by atoms with Crippen molar-refractivity contribution in [1.82, 2.24) is 15.3 Å². The minimum absolute atomic E-state index is 0.0727. The van der Waals surface area contributed by atoms with Gasteiger partial charge in [-0.2, -0.15) is 0 Å². The molecule has 2 atom stereocenters. The van der Waals surface area contributed by atoms with Crippen molar-refractivity contribution in [2.24, 2.45) is 5.92 Å². The zero-order valence-corrected chi connectivity index (χ0v) is 16.3. The van der Waals surface area contributed by atoms with Gasteiger partial charge in [-0.05, 0) is 68.2 Å². The minimum Gasteiger partial charge on any atom is -0.341 e. The summed E-state index contributed by atoms with van der Waals surface area (Å²) in [5, 5.41) is 3.65. The van der Waals surface area contributed by atoms with E-state index in [1.165, 1.54) is 19.3 Å². The quantitative estimate of drug-likeness (QED) is 0.872. The first-order valence-corrected chi connectivity index (χ1v) is 10.2. The Morgan fingerprint density at radius 1 is 1.19 bits per heavy atom. The highest BCUT2D eigenvalue weighted by molar-refractivity contribution is 5.35. The van der Waals surface area contributed by atoms with Gasteiger partial charge < -0.3 is 10.2 Å². The lowest BCUT2D eigenvalue weighted by Gasteiger charge is -2.32. The standard InChI is InChI=1S/C22H29FN4/c1-15-9-10-18-19(7-6-8-20(18)23)21(15)24-14-17-13-16(2)25-22(26-17)27-11-4-3-5-12-27/h6-8,13,15,21,24H,3-5,9-12,14H2,1-2H3/t15-,21+/m1/s1. The number of aromatic nitrogens is 2. The molecule has 1 aliphatic heterocycles. The third kappa shape index (κ3) is 3.98. The molecule has 4 nitrogen and oxygen atoms in total. The molecule has 4 rings (SSSR count). The lowest BCUT2D eigenvalue weighted by Crippen LogP contribution is -2.33. The summed E-state index contributed by atoms with van der Waals surface area (Å²) in [5.74, 6) is 1.26. The monoisotopic (exact) mass is 368 g/mol. The van der Waals surface area contributed by atoms with Crippen molar-refractivity contribution in [1.29, 1.82) is 0 Å². The van der Waals surface area contributed by atoms with Crippen LogP contribution in [0.4, 0.5) is 10.3 Å². The molecule has 1 fully saturated rings. The van der Waals surface area contributed by atoms with Gasteiger partial charge in [0.1, 0.15) is 5.82 Å². The Balaban J connectivity index is 1.52. The fourth-order valence-corrected chi connectivity index (χ4v) is 4.44. The van der Waals surface area contributed by atoms with Gasteiger partial charge in [-0.3, -0.25) is 0 Å². The predicted octanol–water partition coefficient (Wildman–Crippen LogP) is 4.33. The van der Waals surface area contributed by atoms with E-state index in [1.807, 2.05) is 13.0 Å². The Labute approximate surface area is 161 Å². The van der Waals surface area contributed by atoms with E-state index >= 15 is 0 Å². The fourth-order valence-electron chi connectivity index (χ4n) is 4.44. The third-order valence-electron chi connectivity index (χ3n) is 5.95. The second kappa shape index (κ2) is 7.93. The zero-order valence-electron chi connectivity index (χ0n) is 16.3. The molecule has 0 amide bonds. The van der Waals surface area contributed by atoms with Crippen LogP contribution in [0.5, 0.6) is 0 Å². The van der Waals surface area contributed by atoms with Crippen LogP contribution in [0, 0.1) is 18.7 Å². The van der Waals surface area contributed by atoms with Crippen LogP contribution < -0.4 is 10.2 Å². The number of hydrogen-bond acceptors (Lipinski definition) is 4. The first kappa shape index (κ1) is 18.4. The second-order valence-corrected chi connectivity index (χ2v) is 8.03. The maximum absolute atomic E-state index is 14.2. The zero-order chi connectivity index (χ0) is 18.8. The van der Waals surface area contributed by atoms with Crippen LogP contribution in [-0.2, 0) is 13.0 Å². The molecule has 1 saturated heterocycles. The van der Waals surface area contributed by atoms with Crippen LogP contribution >= 0.6 is 0 Å². The highest BCUT2D eigenvalue weighted by Gasteiger charge is 2.28. The molecule has 5 heteroatoms. The molecule has 2 aliphatic rings. The van der Waals surface area contributed by atoms with Gasteiger partial charge in [0.25, 0.3) is 0 Å². The van der Waals surface area contributed by atoms with Gasteiger partial charge in [0.2, 0.25) is 5.95 Å². The van der Waals surface area contributed by atoms with Crippen molar-refractivity contribution >= 4 is 5.95 Å². The first-order chi connectivity index (χ1) is 13.1. The average Bonchev–Trinajstić information content (AvgIpc) is 2.68. The number of rotatable bonds is 4. The van der Waals surface area contributed by atoms with Gasteiger partial charge in [0.05, 0.1) is 5.69 Å². The van der Waals surface area contributed by atoms with Crippen LogP contribution in [-0.4, -0.2) is 23.1 Å². The molecular formula is C22H29FN4. The molecule has 0 saturated carbocycles. The van der Waals surface area contributed by atoms with Gasteiger partial charge in [-0.15, -0.1) is 0 Å². The molecule has 144 valence electrons. The van der Waals surface area contributed by atoms with Crippen LogP contribution in [0.3, 0.4) is 0 Å². The number of halogens is 1. The van der Waals surface area contributed by atoms with Crippen molar-refractivity contribution < 1.29 is 4.39 Å². The summed E-state index contributed by atoms with van der Waals surface area (Å²) < 4.78 is 14.2. The number of piperidine rings is 1. The fraction of sp³-hybridized carbons (Fsp3) is 0.545. The minimum atomic E-state index is -0.0727. The van der Waals surface area contributed by atoms with Gasteiger partial charge >= 0.3 is 0 Å². The number of fused-ring (bicyclic) bond motifs is 1. The van der Waals surface area contributed by atoms with E-state index in [9.17, 15) is 4.39 Å². The smallest absolute Gasteiger partial charge is 0.225 e. The summed E-state index contributed by atoms with van der Waals surface area (Å²) in [4.78, 5) is 11.8. The Hall–Kier alpha value is -2.01. The molecule has 0 unspecified atom stereocenters. The van der Waals surface area contributed by atoms with Crippen LogP contribution in [0.25, 0.3) is 0 Å². The lowest BCUT2D eigenvalue weighted by molar-refractivity contribution is 0.337.